The van der Waals surface area contributed by atoms with Crippen molar-refractivity contribution in [3.8, 4) is 0 Å². The Morgan fingerprint density at radius 1 is 1.22 bits per heavy atom. The second-order valence-corrected chi connectivity index (χ2v) is 5.74. The molecule has 23 heavy (non-hydrogen) atoms. The molecule has 4 rings (SSSR count). The number of rotatable bonds is 3. The minimum Gasteiger partial charge on any atom is -0.360 e. The van der Waals surface area contributed by atoms with Gasteiger partial charge in [-0.3, -0.25) is 0 Å². The zero-order valence-corrected chi connectivity index (χ0v) is 13.0. The fourth-order valence-corrected chi connectivity index (χ4v) is 2.96. The summed E-state index contributed by atoms with van der Waals surface area (Å²) in [5, 5.41) is 7.07. The van der Waals surface area contributed by atoms with Crippen molar-refractivity contribution in [1.82, 2.24) is 15.1 Å². The van der Waals surface area contributed by atoms with Gasteiger partial charge >= 0.3 is 0 Å². The first-order valence-corrected chi connectivity index (χ1v) is 7.61. The predicted octanol–water partition coefficient (Wildman–Crippen LogP) is 3.60. The summed E-state index contributed by atoms with van der Waals surface area (Å²) in [6.07, 6.45) is 2.75. The van der Waals surface area contributed by atoms with E-state index in [1.54, 1.807) is 6.20 Å². The molecule has 0 amide bonds. The van der Waals surface area contributed by atoms with Crippen LogP contribution in [0.15, 0.2) is 47.1 Å². The lowest BCUT2D eigenvalue weighted by Gasteiger charge is -2.22. The summed E-state index contributed by atoms with van der Waals surface area (Å²) in [5.74, 6) is 2.78. The molecule has 0 radical (unpaired) electrons. The molecule has 1 unspecified atom stereocenters. The van der Waals surface area contributed by atoms with Crippen molar-refractivity contribution in [2.24, 2.45) is 0 Å². The van der Waals surface area contributed by atoms with Gasteiger partial charge in [0.1, 0.15) is 11.6 Å². The van der Waals surface area contributed by atoms with Crippen LogP contribution in [0.25, 0.3) is 0 Å². The van der Waals surface area contributed by atoms with Crippen molar-refractivity contribution in [3.63, 3.8) is 0 Å². The average molecular weight is 307 g/mol. The fourth-order valence-electron chi connectivity index (χ4n) is 2.96. The van der Waals surface area contributed by atoms with E-state index in [0.717, 1.165) is 12.2 Å². The first-order chi connectivity index (χ1) is 11.2. The Bertz CT molecular complexity index is 844. The summed E-state index contributed by atoms with van der Waals surface area (Å²) < 4.78 is 5.06. The number of fused-ring (bicyclic) bond motifs is 1. The van der Waals surface area contributed by atoms with Crippen LogP contribution < -0.4 is 10.2 Å². The summed E-state index contributed by atoms with van der Waals surface area (Å²) in [6, 6.07) is 12.4. The van der Waals surface area contributed by atoms with Crippen LogP contribution in [-0.2, 0) is 6.42 Å². The van der Waals surface area contributed by atoms with E-state index in [4.69, 9.17) is 4.52 Å². The largest absolute Gasteiger partial charge is 0.360 e. The van der Waals surface area contributed by atoms with E-state index in [9.17, 15) is 0 Å². The highest BCUT2D eigenvalue weighted by Crippen LogP contribution is 2.36. The highest BCUT2D eigenvalue weighted by Gasteiger charge is 2.28. The van der Waals surface area contributed by atoms with E-state index >= 15 is 0 Å². The third kappa shape index (κ3) is 2.52. The molecular weight excluding hydrogens is 290 g/mol. The first kappa shape index (κ1) is 13.8. The monoisotopic (exact) mass is 307 g/mol. The molecule has 1 atom stereocenters. The van der Waals surface area contributed by atoms with Gasteiger partial charge in [-0.15, -0.1) is 0 Å². The average Bonchev–Trinajstić information content (AvgIpc) is 3.09. The zero-order chi connectivity index (χ0) is 15.8. The molecule has 0 bridgehead atoms. The molecule has 1 aromatic carbocycles. The van der Waals surface area contributed by atoms with Crippen molar-refractivity contribution in [1.29, 1.82) is 0 Å². The zero-order valence-electron chi connectivity index (χ0n) is 13.0. The van der Waals surface area contributed by atoms with E-state index in [-0.39, 0.29) is 0 Å². The molecule has 0 spiro atoms. The lowest BCUT2D eigenvalue weighted by molar-refractivity contribution is 0.400. The molecule has 0 saturated heterocycles. The third-order valence-corrected chi connectivity index (χ3v) is 3.95. The summed E-state index contributed by atoms with van der Waals surface area (Å²) in [4.78, 5) is 11.3. The number of nitrogens with one attached hydrogen (secondary N) is 1. The molecule has 2 aromatic heterocycles. The quantitative estimate of drug-likeness (QED) is 0.797. The van der Waals surface area contributed by atoms with Crippen LogP contribution in [0.3, 0.4) is 0 Å². The smallest absolute Gasteiger partial charge is 0.232 e. The SMILES string of the molecule is Cc1cc(Nc2ccnc(N3c4ccccc4CC3C)n2)no1. The molecule has 6 nitrogen and oxygen atoms in total. The van der Waals surface area contributed by atoms with Gasteiger partial charge in [0.2, 0.25) is 5.95 Å². The molecule has 116 valence electrons. The minimum atomic E-state index is 0.331. The van der Waals surface area contributed by atoms with Crippen molar-refractivity contribution in [2.45, 2.75) is 26.3 Å². The second-order valence-electron chi connectivity index (χ2n) is 5.74. The third-order valence-electron chi connectivity index (χ3n) is 3.95. The van der Waals surface area contributed by atoms with Crippen LogP contribution in [0.1, 0.15) is 18.2 Å². The van der Waals surface area contributed by atoms with Crippen molar-refractivity contribution < 1.29 is 4.52 Å². The second kappa shape index (κ2) is 5.39. The molecule has 0 aliphatic carbocycles. The van der Waals surface area contributed by atoms with Crippen LogP contribution in [-0.4, -0.2) is 21.2 Å². The number of aromatic nitrogens is 3. The minimum absolute atomic E-state index is 0.331. The molecule has 0 saturated carbocycles. The Labute approximate surface area is 134 Å². The maximum atomic E-state index is 5.06. The first-order valence-electron chi connectivity index (χ1n) is 7.61. The molecule has 1 N–H and O–H groups in total. The normalized spacial score (nSPS) is 16.4. The lowest BCUT2D eigenvalue weighted by Crippen LogP contribution is -2.25. The van der Waals surface area contributed by atoms with Gasteiger partial charge in [-0.05, 0) is 38.0 Å². The molecular formula is C17H17N5O. The van der Waals surface area contributed by atoms with Gasteiger partial charge < -0.3 is 14.7 Å². The summed E-state index contributed by atoms with van der Waals surface area (Å²) in [5.41, 5.74) is 2.50. The Hall–Kier alpha value is -2.89. The summed E-state index contributed by atoms with van der Waals surface area (Å²) >= 11 is 0. The molecule has 3 heterocycles. The van der Waals surface area contributed by atoms with Crippen LogP contribution >= 0.6 is 0 Å². The number of para-hydroxylation sites is 1. The van der Waals surface area contributed by atoms with Gasteiger partial charge in [-0.1, -0.05) is 23.4 Å². The van der Waals surface area contributed by atoms with E-state index in [0.29, 0.717) is 23.6 Å². The van der Waals surface area contributed by atoms with Gasteiger partial charge in [0.05, 0.1) is 0 Å². The van der Waals surface area contributed by atoms with Crippen molar-refractivity contribution >= 4 is 23.3 Å². The summed E-state index contributed by atoms with van der Waals surface area (Å²) in [6.45, 7) is 4.04. The van der Waals surface area contributed by atoms with E-state index < -0.39 is 0 Å². The van der Waals surface area contributed by atoms with Gasteiger partial charge in [0, 0.05) is 24.0 Å². The Kier molecular flexibility index (Phi) is 3.22. The van der Waals surface area contributed by atoms with Gasteiger partial charge in [0.15, 0.2) is 5.82 Å². The van der Waals surface area contributed by atoms with Gasteiger partial charge in [-0.25, -0.2) is 4.98 Å². The van der Waals surface area contributed by atoms with Crippen molar-refractivity contribution in [3.05, 3.63) is 53.9 Å². The number of anilines is 4. The Morgan fingerprint density at radius 2 is 2.09 bits per heavy atom. The van der Waals surface area contributed by atoms with Crippen LogP contribution in [0.4, 0.5) is 23.3 Å². The highest BCUT2D eigenvalue weighted by atomic mass is 16.5. The van der Waals surface area contributed by atoms with Crippen LogP contribution in [0.5, 0.6) is 0 Å². The lowest BCUT2D eigenvalue weighted by atomic mass is 10.1. The van der Waals surface area contributed by atoms with Crippen LogP contribution in [0.2, 0.25) is 0 Å². The predicted molar refractivity (Wildman–Crippen MR) is 88.3 cm³/mol. The molecule has 1 aliphatic heterocycles. The number of hydrogen-bond acceptors (Lipinski definition) is 6. The maximum Gasteiger partial charge on any atom is 0.232 e. The number of aryl methyl sites for hydroxylation is 1. The Balaban J connectivity index is 1.66. The number of benzene rings is 1. The maximum absolute atomic E-state index is 5.06. The van der Waals surface area contributed by atoms with Gasteiger partial charge in [0.25, 0.3) is 0 Å². The number of nitrogens with zero attached hydrogens (tertiary/aromatic N) is 4. The fraction of sp³-hybridized carbons (Fsp3) is 0.235. The van der Waals surface area contributed by atoms with Gasteiger partial charge in [-0.2, -0.15) is 4.98 Å². The van der Waals surface area contributed by atoms with E-state index in [1.165, 1.54) is 11.3 Å². The van der Waals surface area contributed by atoms with E-state index in [2.05, 4.69) is 50.5 Å². The summed E-state index contributed by atoms with van der Waals surface area (Å²) in [7, 11) is 0. The van der Waals surface area contributed by atoms with Crippen LogP contribution in [0, 0.1) is 6.92 Å². The molecule has 1 aliphatic rings. The highest BCUT2D eigenvalue weighted by molar-refractivity contribution is 5.68. The van der Waals surface area contributed by atoms with E-state index in [1.807, 2.05) is 25.1 Å². The van der Waals surface area contributed by atoms with Crippen molar-refractivity contribution in [2.75, 3.05) is 10.2 Å². The number of hydrogen-bond donors (Lipinski definition) is 1. The molecule has 0 fully saturated rings. The topological polar surface area (TPSA) is 67.1 Å². The standard InChI is InChI=1S/C17H17N5O/c1-11-9-13-5-3-4-6-14(13)22(11)17-18-8-7-15(20-17)19-16-10-12(2)23-21-16/h3-8,10-11H,9H2,1-2H3,(H,18,19,20,21). The molecule has 6 heteroatoms. The molecule has 3 aromatic rings. The Morgan fingerprint density at radius 3 is 2.91 bits per heavy atom.